The van der Waals surface area contributed by atoms with Gasteiger partial charge in [-0.2, -0.15) is 0 Å². The minimum absolute atomic E-state index is 0.0517. The standard InChI is InChI=1S/C15H16N2O2S2/c1-10-9-13(21-12(10)5-3-4-7-18)14(19)17-11(2)15-16-6-8-20-15/h6,8-9,11,18H,4,7H2,1-2H3,(H,17,19). The molecule has 0 aliphatic carbocycles. The van der Waals surface area contributed by atoms with E-state index in [1.165, 1.54) is 22.7 Å². The third kappa shape index (κ3) is 4.14. The van der Waals surface area contributed by atoms with Crippen LogP contribution in [0.2, 0.25) is 0 Å². The molecule has 1 amide bonds. The van der Waals surface area contributed by atoms with E-state index >= 15 is 0 Å². The third-order valence-corrected chi connectivity index (χ3v) is 4.86. The number of carbonyl (C=O) groups excluding carboxylic acids is 1. The molecule has 6 heteroatoms. The molecule has 2 aromatic rings. The van der Waals surface area contributed by atoms with Gasteiger partial charge >= 0.3 is 0 Å². The monoisotopic (exact) mass is 320 g/mol. The lowest BCUT2D eigenvalue weighted by Crippen LogP contribution is -2.25. The van der Waals surface area contributed by atoms with E-state index < -0.39 is 0 Å². The van der Waals surface area contributed by atoms with E-state index in [1.54, 1.807) is 6.20 Å². The fraction of sp³-hybridized carbons (Fsp3) is 0.333. The number of aryl methyl sites for hydroxylation is 1. The predicted octanol–water partition coefficient (Wildman–Crippen LogP) is 2.74. The summed E-state index contributed by atoms with van der Waals surface area (Å²) in [5.74, 6) is 5.76. The number of aromatic nitrogens is 1. The maximum absolute atomic E-state index is 12.2. The van der Waals surface area contributed by atoms with Gasteiger partial charge in [-0.05, 0) is 25.5 Å². The second-order valence-electron chi connectivity index (χ2n) is 4.46. The Labute approximate surface area is 131 Å². The topological polar surface area (TPSA) is 62.2 Å². The highest BCUT2D eigenvalue weighted by molar-refractivity contribution is 7.14. The number of hydrogen-bond donors (Lipinski definition) is 2. The van der Waals surface area contributed by atoms with Crippen LogP contribution in [0.5, 0.6) is 0 Å². The van der Waals surface area contributed by atoms with Crippen LogP contribution in [0.25, 0.3) is 0 Å². The van der Waals surface area contributed by atoms with E-state index in [0.29, 0.717) is 11.3 Å². The molecule has 0 saturated heterocycles. The first-order valence-corrected chi connectivity index (χ1v) is 8.22. The summed E-state index contributed by atoms with van der Waals surface area (Å²) in [6.07, 6.45) is 2.17. The van der Waals surface area contributed by atoms with Crippen LogP contribution in [0.15, 0.2) is 17.6 Å². The minimum atomic E-state index is -0.110. The van der Waals surface area contributed by atoms with Crippen LogP contribution in [0.1, 0.15) is 44.5 Å². The predicted molar refractivity (Wildman–Crippen MR) is 85.6 cm³/mol. The summed E-state index contributed by atoms with van der Waals surface area (Å²) in [5.41, 5.74) is 0.984. The molecule has 0 saturated carbocycles. The van der Waals surface area contributed by atoms with Crippen molar-refractivity contribution in [2.24, 2.45) is 0 Å². The highest BCUT2D eigenvalue weighted by atomic mass is 32.1. The molecular formula is C15H16N2O2S2. The lowest BCUT2D eigenvalue weighted by Gasteiger charge is -2.09. The number of hydrogen-bond acceptors (Lipinski definition) is 5. The Morgan fingerprint density at radius 1 is 1.57 bits per heavy atom. The van der Waals surface area contributed by atoms with Crippen molar-refractivity contribution in [3.05, 3.63) is 38.0 Å². The highest BCUT2D eigenvalue weighted by Gasteiger charge is 2.16. The summed E-state index contributed by atoms with van der Waals surface area (Å²) >= 11 is 2.89. The average Bonchev–Trinajstić information content (AvgIpc) is 3.09. The van der Waals surface area contributed by atoms with Gasteiger partial charge < -0.3 is 10.4 Å². The van der Waals surface area contributed by atoms with Crippen molar-refractivity contribution in [3.63, 3.8) is 0 Å². The molecular weight excluding hydrogens is 304 g/mol. The Kier molecular flexibility index (Phi) is 5.51. The number of amides is 1. The molecule has 0 bridgehead atoms. The maximum atomic E-state index is 12.2. The quantitative estimate of drug-likeness (QED) is 0.852. The van der Waals surface area contributed by atoms with Crippen LogP contribution < -0.4 is 5.32 Å². The van der Waals surface area contributed by atoms with Crippen molar-refractivity contribution in [3.8, 4) is 11.8 Å². The van der Waals surface area contributed by atoms with Crippen molar-refractivity contribution in [2.45, 2.75) is 26.3 Å². The van der Waals surface area contributed by atoms with Gasteiger partial charge in [0.15, 0.2) is 0 Å². The second kappa shape index (κ2) is 7.36. The van der Waals surface area contributed by atoms with Crippen molar-refractivity contribution in [1.82, 2.24) is 10.3 Å². The van der Waals surface area contributed by atoms with Crippen molar-refractivity contribution in [2.75, 3.05) is 6.61 Å². The van der Waals surface area contributed by atoms with Crippen LogP contribution in [0.4, 0.5) is 0 Å². The first kappa shape index (κ1) is 15.7. The molecule has 0 fully saturated rings. The fourth-order valence-electron chi connectivity index (χ4n) is 1.69. The van der Waals surface area contributed by atoms with Crippen molar-refractivity contribution in [1.29, 1.82) is 0 Å². The van der Waals surface area contributed by atoms with E-state index in [4.69, 9.17) is 5.11 Å². The number of rotatable bonds is 4. The summed E-state index contributed by atoms with van der Waals surface area (Å²) in [5, 5.41) is 14.4. The normalized spacial score (nSPS) is 11.6. The number of thiophene rings is 1. The third-order valence-electron chi connectivity index (χ3n) is 2.75. The Hall–Kier alpha value is -1.68. The lowest BCUT2D eigenvalue weighted by atomic mass is 10.2. The number of nitrogens with zero attached hydrogens (tertiary/aromatic N) is 1. The molecule has 1 unspecified atom stereocenters. The number of thiazole rings is 1. The molecule has 21 heavy (non-hydrogen) atoms. The van der Waals surface area contributed by atoms with Gasteiger partial charge in [-0.15, -0.1) is 22.7 Å². The molecule has 110 valence electrons. The molecule has 4 nitrogen and oxygen atoms in total. The average molecular weight is 320 g/mol. The van der Waals surface area contributed by atoms with Gasteiger partial charge in [0.1, 0.15) is 5.01 Å². The van der Waals surface area contributed by atoms with Crippen LogP contribution in [0.3, 0.4) is 0 Å². The van der Waals surface area contributed by atoms with Gasteiger partial charge in [-0.25, -0.2) is 4.98 Å². The Morgan fingerprint density at radius 2 is 2.38 bits per heavy atom. The Bertz CT molecular complexity index is 666. The molecule has 0 radical (unpaired) electrons. The molecule has 2 N–H and O–H groups in total. The summed E-state index contributed by atoms with van der Waals surface area (Å²) in [7, 11) is 0. The molecule has 0 aromatic carbocycles. The van der Waals surface area contributed by atoms with E-state index in [-0.39, 0.29) is 18.6 Å². The first-order valence-electron chi connectivity index (χ1n) is 6.52. The Morgan fingerprint density at radius 3 is 3.05 bits per heavy atom. The summed E-state index contributed by atoms with van der Waals surface area (Å²) < 4.78 is 0. The summed E-state index contributed by atoms with van der Waals surface area (Å²) in [4.78, 5) is 17.9. The fourth-order valence-corrected chi connectivity index (χ4v) is 3.29. The smallest absolute Gasteiger partial charge is 0.261 e. The maximum Gasteiger partial charge on any atom is 0.261 e. The van der Waals surface area contributed by atoms with E-state index in [2.05, 4.69) is 22.1 Å². The first-order chi connectivity index (χ1) is 10.1. The zero-order chi connectivity index (χ0) is 15.2. The summed E-state index contributed by atoms with van der Waals surface area (Å²) in [6, 6.07) is 1.74. The second-order valence-corrected chi connectivity index (χ2v) is 6.44. The Balaban J connectivity index is 2.06. The molecule has 1 atom stereocenters. The number of carbonyl (C=O) groups is 1. The van der Waals surface area contributed by atoms with Crippen molar-refractivity contribution >= 4 is 28.6 Å². The van der Waals surface area contributed by atoms with Crippen LogP contribution in [0, 0.1) is 18.8 Å². The largest absolute Gasteiger partial charge is 0.395 e. The molecule has 2 aromatic heterocycles. The van der Waals surface area contributed by atoms with E-state index in [0.717, 1.165) is 15.4 Å². The van der Waals surface area contributed by atoms with Gasteiger partial charge in [0.2, 0.25) is 0 Å². The lowest BCUT2D eigenvalue weighted by molar-refractivity contribution is 0.0944. The molecule has 2 heterocycles. The van der Waals surface area contributed by atoms with Gasteiger partial charge in [0, 0.05) is 18.0 Å². The van der Waals surface area contributed by atoms with E-state index in [9.17, 15) is 4.79 Å². The number of aliphatic hydroxyl groups excluding tert-OH is 1. The molecule has 0 spiro atoms. The minimum Gasteiger partial charge on any atom is -0.395 e. The van der Waals surface area contributed by atoms with Crippen molar-refractivity contribution < 1.29 is 9.90 Å². The van der Waals surface area contributed by atoms with E-state index in [1.807, 2.05) is 25.3 Å². The van der Waals surface area contributed by atoms with Gasteiger partial charge in [-0.1, -0.05) is 11.8 Å². The van der Waals surface area contributed by atoms with Gasteiger partial charge in [-0.3, -0.25) is 4.79 Å². The molecule has 0 aliphatic rings. The van der Waals surface area contributed by atoms with Crippen LogP contribution >= 0.6 is 22.7 Å². The zero-order valence-corrected chi connectivity index (χ0v) is 13.5. The highest BCUT2D eigenvalue weighted by Crippen LogP contribution is 2.22. The number of nitrogens with one attached hydrogen (secondary N) is 1. The van der Waals surface area contributed by atoms with Gasteiger partial charge in [0.05, 0.1) is 22.4 Å². The molecule has 0 aliphatic heterocycles. The number of aliphatic hydroxyl groups is 1. The van der Waals surface area contributed by atoms with Crippen LogP contribution in [-0.4, -0.2) is 22.6 Å². The molecule has 2 rings (SSSR count). The SMILES string of the molecule is Cc1cc(C(=O)NC(C)c2nccs2)sc1C#CCCO. The zero-order valence-electron chi connectivity index (χ0n) is 11.8. The van der Waals surface area contributed by atoms with Crippen LogP contribution in [-0.2, 0) is 0 Å². The van der Waals surface area contributed by atoms with Gasteiger partial charge in [0.25, 0.3) is 5.91 Å². The summed E-state index contributed by atoms with van der Waals surface area (Å²) in [6.45, 7) is 3.90.